The number of anilines is 1. The highest BCUT2D eigenvalue weighted by molar-refractivity contribution is 14.1. The number of carbonyl (C=O) groups excluding carboxylic acids is 1. The molecule has 0 bridgehead atoms. The van der Waals surface area contributed by atoms with E-state index in [1.54, 1.807) is 67.8 Å². The first kappa shape index (κ1) is 20.8. The summed E-state index contributed by atoms with van der Waals surface area (Å²) in [5.41, 5.74) is -0.178. The molecule has 0 aliphatic rings. The van der Waals surface area contributed by atoms with Crippen molar-refractivity contribution in [2.24, 2.45) is 0 Å². The van der Waals surface area contributed by atoms with Crippen LogP contribution in [0.3, 0.4) is 0 Å². The number of benzene rings is 1. The zero-order chi connectivity index (χ0) is 17.7. The van der Waals surface area contributed by atoms with Gasteiger partial charge in [-0.05, 0) is 67.8 Å². The molecule has 0 fully saturated rings. The number of rotatable bonds is 7. The minimum Gasteiger partial charge on any atom is -0.478 e. The molecule has 0 unspecified atom stereocenters. The number of carboxylic acid groups (broad SMARTS) is 2. The van der Waals surface area contributed by atoms with Crippen molar-refractivity contribution in [3.8, 4) is 0 Å². The lowest BCUT2D eigenvalue weighted by Gasteiger charge is -2.16. The van der Waals surface area contributed by atoms with E-state index < -0.39 is 17.8 Å². The van der Waals surface area contributed by atoms with Gasteiger partial charge < -0.3 is 26.0 Å². The standard InChI is InChI=1S/C12H11I3N2O6/c13-7-5(11(20)21)8(14)10(9(15)6(7)12(22)23)17-4(19)3-16-1-2-18/h16,18H,1-3H2,(H,17,19)(H,20,21)(H,22,23). The molecule has 1 aromatic rings. The van der Waals surface area contributed by atoms with Crippen LogP contribution in [-0.2, 0) is 4.79 Å². The SMILES string of the molecule is O=C(CNCCO)Nc1c(I)c(C(=O)O)c(I)c(C(=O)O)c1I. The Kier molecular flexibility index (Phi) is 8.39. The summed E-state index contributed by atoms with van der Waals surface area (Å²) in [5, 5.41) is 32.5. The van der Waals surface area contributed by atoms with Crippen molar-refractivity contribution in [3.63, 3.8) is 0 Å². The molecule has 0 saturated heterocycles. The van der Waals surface area contributed by atoms with Crippen molar-refractivity contribution in [2.45, 2.75) is 0 Å². The number of aromatic carboxylic acids is 2. The van der Waals surface area contributed by atoms with E-state index in [2.05, 4.69) is 10.6 Å². The molecule has 8 nitrogen and oxygen atoms in total. The number of halogens is 3. The van der Waals surface area contributed by atoms with Gasteiger partial charge in [-0.2, -0.15) is 0 Å². The van der Waals surface area contributed by atoms with E-state index >= 15 is 0 Å². The van der Waals surface area contributed by atoms with Gasteiger partial charge in [-0.25, -0.2) is 9.59 Å². The molecule has 0 aromatic heterocycles. The van der Waals surface area contributed by atoms with Crippen LogP contribution in [0.15, 0.2) is 0 Å². The van der Waals surface area contributed by atoms with Crippen molar-refractivity contribution in [1.29, 1.82) is 0 Å². The monoisotopic (exact) mass is 660 g/mol. The average Bonchev–Trinajstić information content (AvgIpc) is 2.43. The van der Waals surface area contributed by atoms with Crippen LogP contribution < -0.4 is 10.6 Å². The summed E-state index contributed by atoms with van der Waals surface area (Å²) in [6.45, 7) is 0.0107. The van der Waals surface area contributed by atoms with Gasteiger partial charge in [-0.15, -0.1) is 0 Å². The fourth-order valence-corrected chi connectivity index (χ4v) is 5.97. The Morgan fingerprint density at radius 3 is 1.78 bits per heavy atom. The van der Waals surface area contributed by atoms with Crippen molar-refractivity contribution in [2.75, 3.05) is 25.0 Å². The van der Waals surface area contributed by atoms with Crippen LogP contribution >= 0.6 is 67.8 Å². The molecular weight excluding hydrogens is 649 g/mol. The zero-order valence-electron chi connectivity index (χ0n) is 11.3. The first-order chi connectivity index (χ1) is 10.7. The Bertz CT molecular complexity index is 624. The Morgan fingerprint density at radius 2 is 1.39 bits per heavy atom. The highest BCUT2D eigenvalue weighted by Crippen LogP contribution is 2.35. The predicted octanol–water partition coefficient (Wildman–Crippen LogP) is 1.42. The molecule has 23 heavy (non-hydrogen) atoms. The van der Waals surface area contributed by atoms with Crippen molar-refractivity contribution >= 4 is 91.3 Å². The fourth-order valence-electron chi connectivity index (χ4n) is 1.61. The maximum atomic E-state index is 11.9. The van der Waals surface area contributed by atoms with Crippen LogP contribution in [0.25, 0.3) is 0 Å². The van der Waals surface area contributed by atoms with Crippen LogP contribution in [0, 0.1) is 10.7 Å². The second-order valence-corrected chi connectivity index (χ2v) is 7.36. The highest BCUT2D eigenvalue weighted by atomic mass is 127. The third-order valence-electron chi connectivity index (χ3n) is 2.58. The summed E-state index contributed by atoms with van der Waals surface area (Å²) >= 11 is 5.21. The molecule has 0 atom stereocenters. The summed E-state index contributed by atoms with van der Waals surface area (Å²) in [6, 6.07) is 0. The van der Waals surface area contributed by atoms with E-state index in [1.807, 2.05) is 0 Å². The molecule has 126 valence electrons. The molecule has 1 amide bonds. The maximum Gasteiger partial charge on any atom is 0.337 e. The second-order valence-electron chi connectivity index (χ2n) is 4.13. The fraction of sp³-hybridized carbons (Fsp3) is 0.250. The molecule has 0 spiro atoms. The van der Waals surface area contributed by atoms with E-state index in [4.69, 9.17) is 5.11 Å². The number of amides is 1. The smallest absolute Gasteiger partial charge is 0.337 e. The normalized spacial score (nSPS) is 10.4. The number of hydrogen-bond donors (Lipinski definition) is 5. The second kappa shape index (κ2) is 9.28. The van der Waals surface area contributed by atoms with Crippen molar-refractivity contribution < 1.29 is 29.7 Å². The first-order valence-corrected chi connectivity index (χ1v) is 9.24. The largest absolute Gasteiger partial charge is 0.478 e. The lowest BCUT2D eigenvalue weighted by atomic mass is 10.1. The molecule has 0 heterocycles. The van der Waals surface area contributed by atoms with Crippen LogP contribution in [0.2, 0.25) is 0 Å². The third-order valence-corrected chi connectivity index (χ3v) is 5.82. The Labute approximate surface area is 171 Å². The molecule has 0 radical (unpaired) electrons. The Hall–Kier alpha value is -0.260. The van der Waals surface area contributed by atoms with Crippen LogP contribution in [0.4, 0.5) is 5.69 Å². The molecule has 1 aromatic carbocycles. The molecular formula is C12H11I3N2O6. The van der Waals surface area contributed by atoms with Crippen LogP contribution in [0.1, 0.15) is 20.7 Å². The number of carboxylic acids is 2. The van der Waals surface area contributed by atoms with E-state index in [-0.39, 0.29) is 47.2 Å². The van der Waals surface area contributed by atoms with Gasteiger partial charge in [0, 0.05) is 10.1 Å². The van der Waals surface area contributed by atoms with Gasteiger partial charge in [0.2, 0.25) is 5.91 Å². The van der Waals surface area contributed by atoms with E-state index in [9.17, 15) is 24.6 Å². The molecule has 0 aliphatic heterocycles. The van der Waals surface area contributed by atoms with E-state index in [0.29, 0.717) is 0 Å². The number of aliphatic hydroxyl groups excluding tert-OH is 1. The quantitative estimate of drug-likeness (QED) is 0.221. The van der Waals surface area contributed by atoms with Gasteiger partial charge in [0.1, 0.15) is 0 Å². The Balaban J connectivity index is 3.34. The topological polar surface area (TPSA) is 136 Å². The summed E-state index contributed by atoms with van der Waals surface area (Å²) in [5.74, 6) is -3.01. The minimum absolute atomic E-state index is 0.0937. The van der Waals surface area contributed by atoms with Crippen molar-refractivity contribution in [3.05, 3.63) is 21.8 Å². The lowest BCUT2D eigenvalue weighted by molar-refractivity contribution is -0.115. The van der Waals surface area contributed by atoms with Crippen molar-refractivity contribution in [1.82, 2.24) is 5.32 Å². The molecule has 0 saturated carbocycles. The van der Waals surface area contributed by atoms with Crippen LogP contribution in [-0.4, -0.2) is 52.9 Å². The highest BCUT2D eigenvalue weighted by Gasteiger charge is 2.28. The summed E-state index contributed by atoms with van der Waals surface area (Å²) < 4.78 is 0.613. The average molecular weight is 660 g/mol. The third kappa shape index (κ3) is 5.10. The number of nitrogens with one attached hydrogen (secondary N) is 2. The summed E-state index contributed by atoms with van der Waals surface area (Å²) in [7, 11) is 0. The number of carbonyl (C=O) groups is 3. The maximum absolute atomic E-state index is 11.9. The number of hydrogen-bond acceptors (Lipinski definition) is 5. The van der Waals surface area contributed by atoms with Gasteiger partial charge in [-0.3, -0.25) is 4.79 Å². The molecule has 1 rings (SSSR count). The minimum atomic E-state index is -1.27. The van der Waals surface area contributed by atoms with Gasteiger partial charge in [0.05, 0.1) is 37.1 Å². The summed E-state index contributed by atoms with van der Waals surface area (Å²) in [6.07, 6.45) is 0. The van der Waals surface area contributed by atoms with Gasteiger partial charge >= 0.3 is 11.9 Å². The molecule has 11 heteroatoms. The summed E-state index contributed by atoms with van der Waals surface area (Å²) in [4.78, 5) is 34.7. The lowest BCUT2D eigenvalue weighted by Crippen LogP contribution is -2.31. The Morgan fingerprint density at radius 1 is 0.913 bits per heavy atom. The van der Waals surface area contributed by atoms with Gasteiger partial charge in [-0.1, -0.05) is 0 Å². The van der Waals surface area contributed by atoms with E-state index in [1.165, 1.54) is 0 Å². The first-order valence-electron chi connectivity index (χ1n) is 6.00. The molecule has 0 aliphatic carbocycles. The van der Waals surface area contributed by atoms with E-state index in [0.717, 1.165) is 0 Å². The predicted molar refractivity (Wildman–Crippen MR) is 107 cm³/mol. The van der Waals surface area contributed by atoms with Gasteiger partial charge in [0.15, 0.2) is 0 Å². The zero-order valence-corrected chi connectivity index (χ0v) is 17.8. The number of aliphatic hydroxyl groups is 1. The van der Waals surface area contributed by atoms with Crippen LogP contribution in [0.5, 0.6) is 0 Å². The molecule has 5 N–H and O–H groups in total. The van der Waals surface area contributed by atoms with Gasteiger partial charge in [0.25, 0.3) is 0 Å².